The van der Waals surface area contributed by atoms with Crippen LogP contribution in [-0.2, 0) is 17.9 Å². The van der Waals surface area contributed by atoms with Crippen LogP contribution in [0.3, 0.4) is 0 Å². The fourth-order valence-corrected chi connectivity index (χ4v) is 4.38. The van der Waals surface area contributed by atoms with Crippen molar-refractivity contribution in [3.8, 4) is 11.5 Å². The molecule has 1 amide bonds. The number of nitrogens with zero attached hydrogens (tertiary/aromatic N) is 2. The Balaban J connectivity index is 1.87. The van der Waals surface area contributed by atoms with E-state index in [0.29, 0.717) is 18.9 Å². The second-order valence-corrected chi connectivity index (χ2v) is 9.36. The van der Waals surface area contributed by atoms with E-state index >= 15 is 0 Å². The number of hydrogen-bond donors (Lipinski definition) is 0. The van der Waals surface area contributed by atoms with E-state index in [1.807, 2.05) is 30.3 Å². The van der Waals surface area contributed by atoms with E-state index in [0.717, 1.165) is 36.5 Å². The monoisotopic (exact) mass is 483 g/mol. The number of carbonyl (C=O) groups excluding carboxylic acids is 1. The Kier molecular flexibility index (Phi) is 13.9. The number of ether oxygens (including phenoxy) is 2. The van der Waals surface area contributed by atoms with Crippen molar-refractivity contribution >= 4 is 11.6 Å². The predicted octanol–water partition coefficient (Wildman–Crippen LogP) is 7.25. The van der Waals surface area contributed by atoms with Crippen LogP contribution in [0, 0.1) is 0 Å². The summed E-state index contributed by atoms with van der Waals surface area (Å²) in [6.07, 6.45) is 16.2. The molecule has 0 spiro atoms. The van der Waals surface area contributed by atoms with Crippen molar-refractivity contribution in [2.24, 2.45) is 0 Å². The molecule has 1 heterocycles. The van der Waals surface area contributed by atoms with Crippen LogP contribution in [0.1, 0.15) is 97.1 Å². The van der Waals surface area contributed by atoms with E-state index in [4.69, 9.17) is 9.47 Å². The van der Waals surface area contributed by atoms with Gasteiger partial charge in [-0.15, -0.1) is 0 Å². The summed E-state index contributed by atoms with van der Waals surface area (Å²) >= 11 is 0. The van der Waals surface area contributed by atoms with Gasteiger partial charge in [0.25, 0.3) is 0 Å². The molecule has 35 heavy (non-hydrogen) atoms. The minimum Gasteiger partial charge on any atom is -0.493 e. The van der Waals surface area contributed by atoms with Crippen LogP contribution in [0.4, 0.5) is 5.69 Å². The summed E-state index contributed by atoms with van der Waals surface area (Å²) in [6.45, 7) is 8.15. The molecule has 0 saturated carbocycles. The van der Waals surface area contributed by atoms with Crippen molar-refractivity contribution in [2.75, 3.05) is 18.6 Å². The van der Waals surface area contributed by atoms with Crippen molar-refractivity contribution in [2.45, 2.75) is 104 Å². The van der Waals surface area contributed by atoms with E-state index in [1.165, 1.54) is 57.8 Å². The van der Waals surface area contributed by atoms with Crippen molar-refractivity contribution in [3.63, 3.8) is 0 Å². The molecule has 0 bridgehead atoms. The maximum atomic E-state index is 12.5. The molecule has 0 saturated heterocycles. The van der Waals surface area contributed by atoms with E-state index < -0.39 is 0 Å². The number of benzene rings is 1. The number of methoxy groups -OCH3 is 1. The SMILES string of the molecule is CCCCCCCCCCCCOc1ccc(N(Cc2cccc[n+]2CCC)C(C)=O)cc1OC. The Labute approximate surface area is 213 Å². The van der Waals surface area contributed by atoms with Crippen molar-refractivity contribution in [1.29, 1.82) is 0 Å². The third-order valence-corrected chi connectivity index (χ3v) is 6.41. The van der Waals surface area contributed by atoms with Crippen LogP contribution in [0.5, 0.6) is 11.5 Å². The van der Waals surface area contributed by atoms with Crippen molar-refractivity contribution in [3.05, 3.63) is 48.3 Å². The number of aryl methyl sites for hydroxylation is 1. The Morgan fingerprint density at radius 3 is 2.17 bits per heavy atom. The second kappa shape index (κ2) is 17.0. The van der Waals surface area contributed by atoms with E-state index in [1.54, 1.807) is 18.9 Å². The van der Waals surface area contributed by atoms with Crippen LogP contribution in [0.15, 0.2) is 42.6 Å². The van der Waals surface area contributed by atoms with Gasteiger partial charge in [0.05, 0.1) is 13.7 Å². The molecule has 1 aromatic heterocycles. The van der Waals surface area contributed by atoms with Crippen LogP contribution in [0.25, 0.3) is 0 Å². The lowest BCUT2D eigenvalue weighted by molar-refractivity contribution is -0.704. The highest BCUT2D eigenvalue weighted by Crippen LogP contribution is 2.32. The Bertz CT molecular complexity index is 868. The summed E-state index contributed by atoms with van der Waals surface area (Å²) in [5.74, 6) is 1.39. The lowest BCUT2D eigenvalue weighted by Gasteiger charge is -2.22. The van der Waals surface area contributed by atoms with E-state index in [2.05, 4.69) is 30.7 Å². The van der Waals surface area contributed by atoms with Crippen LogP contribution >= 0.6 is 0 Å². The van der Waals surface area contributed by atoms with Crippen molar-refractivity contribution in [1.82, 2.24) is 0 Å². The first-order valence-corrected chi connectivity index (χ1v) is 13.7. The van der Waals surface area contributed by atoms with E-state index in [9.17, 15) is 4.79 Å². The number of hydrogen-bond acceptors (Lipinski definition) is 3. The van der Waals surface area contributed by atoms with Gasteiger partial charge in [-0.3, -0.25) is 4.79 Å². The smallest absolute Gasteiger partial charge is 0.224 e. The van der Waals surface area contributed by atoms with Crippen molar-refractivity contribution < 1.29 is 18.8 Å². The van der Waals surface area contributed by atoms with Crippen LogP contribution in [-0.4, -0.2) is 19.6 Å². The lowest BCUT2D eigenvalue weighted by Crippen LogP contribution is -2.41. The van der Waals surface area contributed by atoms with Gasteiger partial charge in [-0.25, -0.2) is 4.57 Å². The minimum atomic E-state index is -0.00186. The molecule has 5 heteroatoms. The number of amides is 1. The zero-order valence-corrected chi connectivity index (χ0v) is 22.6. The van der Waals surface area contributed by atoms with Gasteiger partial charge in [0.15, 0.2) is 17.7 Å². The maximum absolute atomic E-state index is 12.5. The molecular formula is C30H47N2O3+. The molecule has 0 atom stereocenters. The summed E-state index contributed by atoms with van der Waals surface area (Å²) in [5.41, 5.74) is 1.91. The fourth-order valence-electron chi connectivity index (χ4n) is 4.38. The molecule has 0 unspecified atom stereocenters. The number of aromatic nitrogens is 1. The number of rotatable bonds is 18. The third-order valence-electron chi connectivity index (χ3n) is 6.41. The number of carbonyl (C=O) groups is 1. The van der Waals surface area contributed by atoms with Gasteiger partial charge in [-0.2, -0.15) is 0 Å². The topological polar surface area (TPSA) is 42.7 Å². The number of anilines is 1. The van der Waals surface area contributed by atoms with Gasteiger partial charge in [0.1, 0.15) is 13.1 Å². The summed E-state index contributed by atoms with van der Waals surface area (Å²) < 4.78 is 13.8. The van der Waals surface area contributed by atoms with Crippen LogP contribution in [0.2, 0.25) is 0 Å². The molecule has 0 aliphatic carbocycles. The van der Waals surface area contributed by atoms with Gasteiger partial charge in [-0.1, -0.05) is 77.7 Å². The predicted molar refractivity (Wildman–Crippen MR) is 144 cm³/mol. The first kappa shape index (κ1) is 28.7. The summed E-state index contributed by atoms with van der Waals surface area (Å²) in [7, 11) is 1.65. The molecule has 5 nitrogen and oxygen atoms in total. The molecule has 2 rings (SSSR count). The normalized spacial score (nSPS) is 10.9. The maximum Gasteiger partial charge on any atom is 0.224 e. The van der Waals surface area contributed by atoms with Gasteiger partial charge in [0.2, 0.25) is 11.6 Å². The third kappa shape index (κ3) is 10.3. The lowest BCUT2D eigenvalue weighted by atomic mass is 10.1. The average molecular weight is 484 g/mol. The zero-order valence-electron chi connectivity index (χ0n) is 22.6. The zero-order chi connectivity index (χ0) is 25.3. The Hall–Kier alpha value is -2.56. The highest BCUT2D eigenvalue weighted by molar-refractivity contribution is 5.91. The molecule has 0 aliphatic rings. The summed E-state index contributed by atoms with van der Waals surface area (Å²) in [4.78, 5) is 14.3. The molecule has 0 N–H and O–H groups in total. The highest BCUT2D eigenvalue weighted by atomic mass is 16.5. The molecule has 1 aromatic carbocycles. The van der Waals surface area contributed by atoms with Gasteiger partial charge in [-0.05, 0) is 18.6 Å². The highest BCUT2D eigenvalue weighted by Gasteiger charge is 2.20. The molecule has 0 radical (unpaired) electrons. The summed E-state index contributed by atoms with van der Waals surface area (Å²) in [6, 6.07) is 11.9. The minimum absolute atomic E-state index is 0.00186. The second-order valence-electron chi connectivity index (χ2n) is 9.36. The first-order chi connectivity index (χ1) is 17.1. The standard InChI is InChI=1S/C30H47N2O3/c1-5-7-8-9-10-11-12-13-14-17-23-35-29-20-19-27(24-30(29)34-4)32(26(3)33)25-28-18-15-16-22-31(28)21-6-2/h15-16,18-20,22,24H,5-14,17,21,23,25H2,1-4H3/q+1. The Morgan fingerprint density at radius 1 is 0.857 bits per heavy atom. The average Bonchev–Trinajstić information content (AvgIpc) is 2.86. The molecule has 0 fully saturated rings. The van der Waals surface area contributed by atoms with Gasteiger partial charge in [0, 0.05) is 37.2 Å². The van der Waals surface area contributed by atoms with Gasteiger partial charge < -0.3 is 14.4 Å². The number of pyridine rings is 1. The molecular weight excluding hydrogens is 436 g/mol. The molecule has 194 valence electrons. The quantitative estimate of drug-likeness (QED) is 0.166. The first-order valence-electron chi connectivity index (χ1n) is 13.7. The summed E-state index contributed by atoms with van der Waals surface area (Å²) in [5, 5.41) is 0. The molecule has 0 aliphatic heterocycles. The van der Waals surface area contributed by atoms with Crippen LogP contribution < -0.4 is 18.9 Å². The number of unbranched alkanes of at least 4 members (excludes halogenated alkanes) is 9. The Morgan fingerprint density at radius 2 is 1.54 bits per heavy atom. The fraction of sp³-hybridized carbons (Fsp3) is 0.600. The van der Waals surface area contributed by atoms with E-state index in [-0.39, 0.29) is 5.91 Å². The van der Waals surface area contributed by atoms with Gasteiger partial charge >= 0.3 is 0 Å². The molecule has 2 aromatic rings. The largest absolute Gasteiger partial charge is 0.493 e.